The van der Waals surface area contributed by atoms with Gasteiger partial charge in [0.1, 0.15) is 5.82 Å². The van der Waals surface area contributed by atoms with Crippen LogP contribution in [0.3, 0.4) is 0 Å². The third-order valence-electron chi connectivity index (χ3n) is 2.31. The van der Waals surface area contributed by atoms with Crippen molar-refractivity contribution in [2.24, 2.45) is 0 Å². The number of nitrogens with zero attached hydrogens (tertiary/aromatic N) is 2. The quantitative estimate of drug-likeness (QED) is 0.888. The van der Waals surface area contributed by atoms with Gasteiger partial charge in [-0.15, -0.1) is 0 Å². The first-order valence-electron chi connectivity index (χ1n) is 5.10. The molecule has 17 heavy (non-hydrogen) atoms. The lowest BCUT2D eigenvalue weighted by Crippen LogP contribution is -1.96. The van der Waals surface area contributed by atoms with E-state index in [0.717, 1.165) is 0 Å². The Labute approximate surface area is 97.5 Å². The molecule has 1 aromatic carbocycles. The first kappa shape index (κ1) is 11.4. The highest BCUT2D eigenvalue weighted by Crippen LogP contribution is 2.23. The molecule has 1 heterocycles. The van der Waals surface area contributed by atoms with Crippen molar-refractivity contribution >= 4 is 5.82 Å². The molecule has 0 radical (unpaired) electrons. The Kier molecular flexibility index (Phi) is 3.27. The van der Waals surface area contributed by atoms with Crippen LogP contribution < -0.4 is 5.32 Å². The van der Waals surface area contributed by atoms with Crippen molar-refractivity contribution in [3.05, 3.63) is 42.1 Å². The minimum Gasteiger partial charge on any atom is -0.373 e. The SMILES string of the molecule is CNc1ccnc(-c2cccc(C(F)F)c2)n1. The van der Waals surface area contributed by atoms with Crippen LogP contribution in [0.15, 0.2) is 36.5 Å². The number of halogens is 2. The van der Waals surface area contributed by atoms with Crippen LogP contribution in [-0.2, 0) is 0 Å². The maximum Gasteiger partial charge on any atom is 0.263 e. The lowest BCUT2D eigenvalue weighted by Gasteiger charge is -2.05. The summed E-state index contributed by atoms with van der Waals surface area (Å²) in [5, 5.41) is 2.88. The van der Waals surface area contributed by atoms with Crippen molar-refractivity contribution in [1.82, 2.24) is 9.97 Å². The molecule has 0 atom stereocenters. The number of hydrogen-bond donors (Lipinski definition) is 1. The fraction of sp³-hybridized carbons (Fsp3) is 0.167. The first-order valence-corrected chi connectivity index (χ1v) is 5.10. The smallest absolute Gasteiger partial charge is 0.263 e. The van der Waals surface area contributed by atoms with E-state index in [2.05, 4.69) is 15.3 Å². The molecule has 88 valence electrons. The normalized spacial score (nSPS) is 10.6. The standard InChI is InChI=1S/C12H11F2N3/c1-15-10-5-6-16-12(17-10)9-4-2-3-8(7-9)11(13)14/h2-7,11H,1H3,(H,15,16,17). The molecule has 0 saturated heterocycles. The van der Waals surface area contributed by atoms with Gasteiger partial charge in [0, 0.05) is 24.4 Å². The van der Waals surface area contributed by atoms with Gasteiger partial charge < -0.3 is 5.32 Å². The molecule has 2 aromatic rings. The van der Waals surface area contributed by atoms with Crippen molar-refractivity contribution in [3.8, 4) is 11.4 Å². The second kappa shape index (κ2) is 4.86. The average molecular weight is 235 g/mol. The van der Waals surface area contributed by atoms with E-state index >= 15 is 0 Å². The summed E-state index contributed by atoms with van der Waals surface area (Å²) < 4.78 is 25.1. The topological polar surface area (TPSA) is 37.8 Å². The van der Waals surface area contributed by atoms with Crippen LogP contribution in [0.2, 0.25) is 0 Å². The van der Waals surface area contributed by atoms with Gasteiger partial charge in [-0.05, 0) is 12.1 Å². The van der Waals surface area contributed by atoms with Crippen molar-refractivity contribution in [2.45, 2.75) is 6.43 Å². The largest absolute Gasteiger partial charge is 0.373 e. The molecular weight excluding hydrogens is 224 g/mol. The van der Waals surface area contributed by atoms with Crippen molar-refractivity contribution < 1.29 is 8.78 Å². The Morgan fingerprint density at radius 3 is 2.76 bits per heavy atom. The number of hydrogen-bond acceptors (Lipinski definition) is 3. The van der Waals surface area contributed by atoms with Gasteiger partial charge in [-0.25, -0.2) is 18.7 Å². The van der Waals surface area contributed by atoms with E-state index < -0.39 is 6.43 Å². The van der Waals surface area contributed by atoms with Gasteiger partial charge in [0.05, 0.1) is 0 Å². The van der Waals surface area contributed by atoms with E-state index in [1.165, 1.54) is 12.1 Å². The molecule has 0 fully saturated rings. The lowest BCUT2D eigenvalue weighted by atomic mass is 10.1. The zero-order valence-electron chi connectivity index (χ0n) is 9.19. The van der Waals surface area contributed by atoms with Gasteiger partial charge in [0.25, 0.3) is 6.43 Å². The van der Waals surface area contributed by atoms with Crippen LogP contribution in [0, 0.1) is 0 Å². The van der Waals surface area contributed by atoms with Crippen molar-refractivity contribution in [3.63, 3.8) is 0 Å². The average Bonchev–Trinajstić information content (AvgIpc) is 2.39. The molecule has 0 spiro atoms. The first-order chi connectivity index (χ1) is 8.20. The zero-order chi connectivity index (χ0) is 12.3. The molecule has 1 N–H and O–H groups in total. The number of aromatic nitrogens is 2. The van der Waals surface area contributed by atoms with E-state index in [0.29, 0.717) is 17.2 Å². The van der Waals surface area contributed by atoms with Gasteiger partial charge in [-0.1, -0.05) is 18.2 Å². The van der Waals surface area contributed by atoms with Gasteiger partial charge in [-0.3, -0.25) is 0 Å². The van der Waals surface area contributed by atoms with Gasteiger partial charge >= 0.3 is 0 Å². The number of anilines is 1. The van der Waals surface area contributed by atoms with Crippen LogP contribution in [0.1, 0.15) is 12.0 Å². The number of alkyl halides is 2. The number of rotatable bonds is 3. The number of nitrogens with one attached hydrogen (secondary N) is 1. The summed E-state index contributed by atoms with van der Waals surface area (Å²) >= 11 is 0. The lowest BCUT2D eigenvalue weighted by molar-refractivity contribution is 0.151. The van der Waals surface area contributed by atoms with Crippen molar-refractivity contribution in [2.75, 3.05) is 12.4 Å². The fourth-order valence-electron chi connectivity index (χ4n) is 1.45. The molecule has 0 aliphatic carbocycles. The Balaban J connectivity index is 2.41. The second-order valence-corrected chi connectivity index (χ2v) is 3.44. The monoisotopic (exact) mass is 235 g/mol. The Bertz CT molecular complexity index is 515. The van der Waals surface area contributed by atoms with E-state index in [4.69, 9.17) is 0 Å². The molecule has 2 rings (SSSR count). The van der Waals surface area contributed by atoms with Crippen LogP contribution in [0.4, 0.5) is 14.6 Å². The van der Waals surface area contributed by atoms with E-state index in [1.807, 2.05) is 0 Å². The van der Waals surface area contributed by atoms with Gasteiger partial charge in [0.15, 0.2) is 5.82 Å². The van der Waals surface area contributed by atoms with E-state index in [-0.39, 0.29) is 5.56 Å². The van der Waals surface area contributed by atoms with Crippen LogP contribution >= 0.6 is 0 Å². The summed E-state index contributed by atoms with van der Waals surface area (Å²) in [6.45, 7) is 0. The van der Waals surface area contributed by atoms with Crippen LogP contribution in [0.5, 0.6) is 0 Å². The highest BCUT2D eigenvalue weighted by molar-refractivity contribution is 5.57. The second-order valence-electron chi connectivity index (χ2n) is 3.44. The highest BCUT2D eigenvalue weighted by atomic mass is 19.3. The molecular formula is C12H11F2N3. The molecule has 0 bridgehead atoms. The van der Waals surface area contributed by atoms with Crippen LogP contribution in [0.25, 0.3) is 11.4 Å². The predicted molar refractivity (Wildman–Crippen MR) is 62.0 cm³/mol. The molecule has 0 amide bonds. The summed E-state index contributed by atoms with van der Waals surface area (Å²) in [5.74, 6) is 1.08. The summed E-state index contributed by atoms with van der Waals surface area (Å²) in [6, 6.07) is 7.78. The molecule has 0 saturated carbocycles. The van der Waals surface area contributed by atoms with E-state index in [9.17, 15) is 8.78 Å². The predicted octanol–water partition coefficient (Wildman–Crippen LogP) is 3.12. The van der Waals surface area contributed by atoms with Gasteiger partial charge in [-0.2, -0.15) is 0 Å². The molecule has 3 nitrogen and oxygen atoms in total. The third-order valence-corrected chi connectivity index (χ3v) is 2.31. The maximum atomic E-state index is 12.6. The Morgan fingerprint density at radius 2 is 2.06 bits per heavy atom. The summed E-state index contributed by atoms with van der Waals surface area (Å²) in [4.78, 5) is 8.26. The molecule has 0 aliphatic heterocycles. The third kappa shape index (κ3) is 2.55. The summed E-state index contributed by atoms with van der Waals surface area (Å²) in [5.41, 5.74) is 0.556. The fourth-order valence-corrected chi connectivity index (χ4v) is 1.45. The maximum absolute atomic E-state index is 12.6. The van der Waals surface area contributed by atoms with E-state index in [1.54, 1.807) is 31.4 Å². The Morgan fingerprint density at radius 1 is 1.24 bits per heavy atom. The minimum atomic E-state index is -2.48. The Hall–Kier alpha value is -2.04. The van der Waals surface area contributed by atoms with Gasteiger partial charge in [0.2, 0.25) is 0 Å². The zero-order valence-corrected chi connectivity index (χ0v) is 9.19. The van der Waals surface area contributed by atoms with Crippen molar-refractivity contribution in [1.29, 1.82) is 0 Å². The minimum absolute atomic E-state index is 0.0269. The summed E-state index contributed by atoms with van der Waals surface area (Å²) in [7, 11) is 1.74. The number of benzene rings is 1. The molecule has 5 heteroatoms. The van der Waals surface area contributed by atoms with Crippen LogP contribution in [-0.4, -0.2) is 17.0 Å². The molecule has 0 unspecified atom stereocenters. The highest BCUT2D eigenvalue weighted by Gasteiger charge is 2.09. The molecule has 0 aliphatic rings. The molecule has 1 aromatic heterocycles. The summed E-state index contributed by atoms with van der Waals surface area (Å²) in [6.07, 6.45) is -0.897.